The van der Waals surface area contributed by atoms with E-state index < -0.39 is 0 Å². The first kappa shape index (κ1) is 14.0. The molecule has 0 heterocycles. The largest absolute Gasteiger partial charge is 0.374 e. The molecule has 0 bridgehead atoms. The van der Waals surface area contributed by atoms with Crippen molar-refractivity contribution in [2.45, 2.75) is 27.2 Å². The van der Waals surface area contributed by atoms with E-state index in [-0.39, 0.29) is 0 Å². The molecule has 1 atom stereocenters. The maximum absolute atomic E-state index is 3.47. The molecule has 0 spiro atoms. The van der Waals surface area contributed by atoms with Crippen LogP contribution in [0.25, 0.3) is 0 Å². The average molecular weight is 234 g/mol. The lowest BCUT2D eigenvalue weighted by atomic mass is 9.86. The number of anilines is 1. The van der Waals surface area contributed by atoms with Gasteiger partial charge < -0.3 is 10.2 Å². The molecule has 1 unspecified atom stereocenters. The second-order valence-electron chi connectivity index (χ2n) is 5.14. The molecule has 96 valence electrons. The SMILES string of the molecule is CCNCC(C)(CC)CN(C)c1ccccc1. The van der Waals surface area contributed by atoms with Gasteiger partial charge in [-0.3, -0.25) is 0 Å². The fourth-order valence-corrected chi connectivity index (χ4v) is 2.07. The van der Waals surface area contributed by atoms with Gasteiger partial charge in [-0.1, -0.05) is 39.0 Å². The third-order valence-electron chi connectivity index (χ3n) is 3.47. The topological polar surface area (TPSA) is 15.3 Å². The highest BCUT2D eigenvalue weighted by molar-refractivity contribution is 5.45. The summed E-state index contributed by atoms with van der Waals surface area (Å²) in [6.07, 6.45) is 1.19. The van der Waals surface area contributed by atoms with Crippen LogP contribution < -0.4 is 10.2 Å². The highest BCUT2D eigenvalue weighted by Gasteiger charge is 2.23. The number of hydrogen-bond acceptors (Lipinski definition) is 2. The van der Waals surface area contributed by atoms with Crippen LogP contribution >= 0.6 is 0 Å². The highest BCUT2D eigenvalue weighted by atomic mass is 15.1. The minimum atomic E-state index is 0.334. The van der Waals surface area contributed by atoms with Gasteiger partial charge in [0, 0.05) is 25.8 Å². The lowest BCUT2D eigenvalue weighted by Crippen LogP contribution is -2.40. The Morgan fingerprint density at radius 1 is 1.18 bits per heavy atom. The Kier molecular flexibility index (Phi) is 5.49. The summed E-state index contributed by atoms with van der Waals surface area (Å²) in [5.74, 6) is 0. The van der Waals surface area contributed by atoms with Crippen LogP contribution in [0.2, 0.25) is 0 Å². The number of rotatable bonds is 7. The third-order valence-corrected chi connectivity index (χ3v) is 3.47. The summed E-state index contributed by atoms with van der Waals surface area (Å²) >= 11 is 0. The molecule has 0 saturated heterocycles. The van der Waals surface area contributed by atoms with Gasteiger partial charge in [-0.15, -0.1) is 0 Å². The van der Waals surface area contributed by atoms with E-state index in [0.29, 0.717) is 5.41 Å². The van der Waals surface area contributed by atoms with Crippen molar-refractivity contribution >= 4 is 5.69 Å². The minimum absolute atomic E-state index is 0.334. The van der Waals surface area contributed by atoms with Crippen LogP contribution in [0.1, 0.15) is 27.2 Å². The molecule has 0 aromatic heterocycles. The molecule has 0 aliphatic heterocycles. The van der Waals surface area contributed by atoms with Crippen LogP contribution in [0.3, 0.4) is 0 Å². The van der Waals surface area contributed by atoms with E-state index in [1.165, 1.54) is 12.1 Å². The Labute approximate surface area is 106 Å². The predicted molar refractivity (Wildman–Crippen MR) is 76.7 cm³/mol. The molecular formula is C15H26N2. The second kappa shape index (κ2) is 6.65. The molecule has 0 saturated carbocycles. The Hall–Kier alpha value is -1.02. The van der Waals surface area contributed by atoms with Gasteiger partial charge >= 0.3 is 0 Å². The summed E-state index contributed by atoms with van der Waals surface area (Å²) in [6, 6.07) is 10.6. The van der Waals surface area contributed by atoms with Crippen LogP contribution in [0, 0.1) is 5.41 Å². The molecule has 2 nitrogen and oxygen atoms in total. The standard InChI is InChI=1S/C15H26N2/c1-5-15(3,12-16-6-2)13-17(4)14-10-8-7-9-11-14/h7-11,16H,5-6,12-13H2,1-4H3. The van der Waals surface area contributed by atoms with Gasteiger partial charge in [-0.2, -0.15) is 0 Å². The van der Waals surface area contributed by atoms with Crippen LogP contribution in [0.5, 0.6) is 0 Å². The number of nitrogens with one attached hydrogen (secondary N) is 1. The Balaban J connectivity index is 2.61. The molecule has 17 heavy (non-hydrogen) atoms. The monoisotopic (exact) mass is 234 g/mol. The van der Waals surface area contributed by atoms with Crippen LogP contribution in [-0.2, 0) is 0 Å². The molecule has 1 N–H and O–H groups in total. The fourth-order valence-electron chi connectivity index (χ4n) is 2.07. The molecule has 2 heteroatoms. The van der Waals surface area contributed by atoms with Crippen molar-refractivity contribution < 1.29 is 0 Å². The molecular weight excluding hydrogens is 208 g/mol. The van der Waals surface area contributed by atoms with Crippen molar-refractivity contribution in [3.05, 3.63) is 30.3 Å². The van der Waals surface area contributed by atoms with E-state index in [1.54, 1.807) is 0 Å². The zero-order chi connectivity index (χ0) is 12.7. The number of hydrogen-bond donors (Lipinski definition) is 1. The lowest BCUT2D eigenvalue weighted by Gasteiger charge is -2.34. The zero-order valence-electron chi connectivity index (χ0n) is 11.7. The first-order chi connectivity index (χ1) is 8.11. The molecule has 0 fully saturated rings. The summed E-state index contributed by atoms with van der Waals surface area (Å²) in [4.78, 5) is 2.35. The van der Waals surface area contributed by atoms with Gasteiger partial charge in [-0.05, 0) is 30.5 Å². The quantitative estimate of drug-likeness (QED) is 0.779. The normalized spacial score (nSPS) is 14.4. The van der Waals surface area contributed by atoms with Crippen molar-refractivity contribution in [3.8, 4) is 0 Å². The first-order valence-corrected chi connectivity index (χ1v) is 6.58. The van der Waals surface area contributed by atoms with Gasteiger partial charge in [0.2, 0.25) is 0 Å². The number of benzene rings is 1. The smallest absolute Gasteiger partial charge is 0.0363 e. The van der Waals surface area contributed by atoms with Gasteiger partial charge in [-0.25, -0.2) is 0 Å². The minimum Gasteiger partial charge on any atom is -0.374 e. The van der Waals surface area contributed by atoms with Crippen molar-refractivity contribution in [2.24, 2.45) is 5.41 Å². The van der Waals surface area contributed by atoms with Gasteiger partial charge in [0.25, 0.3) is 0 Å². The fraction of sp³-hybridized carbons (Fsp3) is 0.600. The predicted octanol–water partition coefficient (Wildman–Crippen LogP) is 3.15. The van der Waals surface area contributed by atoms with E-state index in [9.17, 15) is 0 Å². The number of nitrogens with zero attached hydrogens (tertiary/aromatic N) is 1. The highest BCUT2D eigenvalue weighted by Crippen LogP contribution is 2.24. The van der Waals surface area contributed by atoms with Gasteiger partial charge in [0.05, 0.1) is 0 Å². The summed E-state index contributed by atoms with van der Waals surface area (Å²) in [5.41, 5.74) is 1.63. The van der Waals surface area contributed by atoms with E-state index in [1.807, 2.05) is 0 Å². The summed E-state index contributed by atoms with van der Waals surface area (Å²) in [5, 5.41) is 3.47. The molecule has 1 aromatic carbocycles. The maximum atomic E-state index is 3.47. The van der Waals surface area contributed by atoms with E-state index in [2.05, 4.69) is 68.4 Å². The summed E-state index contributed by atoms with van der Waals surface area (Å²) in [7, 11) is 2.18. The van der Waals surface area contributed by atoms with E-state index in [4.69, 9.17) is 0 Å². The lowest BCUT2D eigenvalue weighted by molar-refractivity contribution is 0.302. The van der Waals surface area contributed by atoms with Crippen molar-refractivity contribution in [1.29, 1.82) is 0 Å². The molecule has 0 amide bonds. The van der Waals surface area contributed by atoms with E-state index >= 15 is 0 Å². The summed E-state index contributed by atoms with van der Waals surface area (Å²) in [6.45, 7) is 10.0. The van der Waals surface area contributed by atoms with E-state index in [0.717, 1.165) is 19.6 Å². The third kappa shape index (κ3) is 4.39. The van der Waals surface area contributed by atoms with Gasteiger partial charge in [0.1, 0.15) is 0 Å². The second-order valence-corrected chi connectivity index (χ2v) is 5.14. The van der Waals surface area contributed by atoms with Crippen LogP contribution in [0.4, 0.5) is 5.69 Å². The molecule has 0 aliphatic rings. The number of para-hydroxylation sites is 1. The van der Waals surface area contributed by atoms with Crippen LogP contribution in [-0.4, -0.2) is 26.7 Å². The maximum Gasteiger partial charge on any atom is 0.0363 e. The van der Waals surface area contributed by atoms with Crippen molar-refractivity contribution in [2.75, 3.05) is 31.6 Å². The Bertz CT molecular complexity index is 310. The molecule has 1 aromatic rings. The van der Waals surface area contributed by atoms with Crippen molar-refractivity contribution in [3.63, 3.8) is 0 Å². The Morgan fingerprint density at radius 2 is 1.82 bits per heavy atom. The van der Waals surface area contributed by atoms with Crippen molar-refractivity contribution in [1.82, 2.24) is 5.32 Å². The molecule has 0 aliphatic carbocycles. The zero-order valence-corrected chi connectivity index (χ0v) is 11.7. The molecule has 1 rings (SSSR count). The first-order valence-electron chi connectivity index (χ1n) is 6.58. The summed E-state index contributed by atoms with van der Waals surface area (Å²) < 4.78 is 0. The van der Waals surface area contributed by atoms with Crippen LogP contribution in [0.15, 0.2) is 30.3 Å². The molecule has 0 radical (unpaired) electrons. The van der Waals surface area contributed by atoms with Gasteiger partial charge in [0.15, 0.2) is 0 Å². The average Bonchev–Trinajstić information content (AvgIpc) is 2.37. The Morgan fingerprint density at radius 3 is 2.35 bits per heavy atom.